The van der Waals surface area contributed by atoms with E-state index in [4.69, 9.17) is 5.26 Å². The van der Waals surface area contributed by atoms with Crippen molar-refractivity contribution in [3.8, 4) is 6.07 Å². The first-order chi connectivity index (χ1) is 9.60. The molecule has 2 amide bonds. The fourth-order valence-corrected chi connectivity index (χ4v) is 2.41. The summed E-state index contributed by atoms with van der Waals surface area (Å²) in [6.07, 6.45) is 1.85. The van der Waals surface area contributed by atoms with E-state index in [2.05, 4.69) is 11.4 Å². The van der Waals surface area contributed by atoms with Crippen LogP contribution in [-0.2, 0) is 0 Å². The first-order valence-corrected chi connectivity index (χ1v) is 6.83. The minimum atomic E-state index is 0.0786. The van der Waals surface area contributed by atoms with Crippen molar-refractivity contribution in [2.24, 2.45) is 0 Å². The average molecular weight is 272 g/mol. The zero-order valence-corrected chi connectivity index (χ0v) is 12.0. The van der Waals surface area contributed by atoms with E-state index in [-0.39, 0.29) is 6.03 Å². The monoisotopic (exact) mass is 272 g/mol. The number of nitrogens with zero attached hydrogens (tertiary/aromatic N) is 3. The Bertz CT molecular complexity index is 513. The number of hydrogen-bond donors (Lipinski definition) is 1. The number of hydrogen-bond acceptors (Lipinski definition) is 3. The third kappa shape index (κ3) is 3.41. The van der Waals surface area contributed by atoms with Crippen molar-refractivity contribution in [1.82, 2.24) is 9.80 Å². The van der Waals surface area contributed by atoms with Gasteiger partial charge in [0.2, 0.25) is 0 Å². The van der Waals surface area contributed by atoms with Gasteiger partial charge in [0, 0.05) is 38.9 Å². The lowest BCUT2D eigenvalue weighted by Crippen LogP contribution is -2.46. The molecular weight excluding hydrogens is 252 g/mol. The van der Waals surface area contributed by atoms with Crippen LogP contribution in [0.1, 0.15) is 18.4 Å². The largest absolute Gasteiger partial charge is 0.382 e. The number of urea groups is 1. The Morgan fingerprint density at radius 2 is 2.10 bits per heavy atom. The zero-order valence-electron chi connectivity index (χ0n) is 12.0. The lowest BCUT2D eigenvalue weighted by Gasteiger charge is -2.34. The molecule has 20 heavy (non-hydrogen) atoms. The highest BCUT2D eigenvalue weighted by Crippen LogP contribution is 2.18. The van der Waals surface area contributed by atoms with Gasteiger partial charge in [-0.3, -0.25) is 0 Å². The first-order valence-electron chi connectivity index (χ1n) is 6.83. The summed E-state index contributed by atoms with van der Waals surface area (Å²) >= 11 is 0. The molecule has 1 heterocycles. The second kappa shape index (κ2) is 6.29. The predicted octanol–water partition coefficient (Wildman–Crippen LogP) is 2.12. The molecular formula is C15H20N4O. The van der Waals surface area contributed by atoms with Crippen molar-refractivity contribution in [2.75, 3.05) is 32.5 Å². The van der Waals surface area contributed by atoms with Crippen molar-refractivity contribution in [3.05, 3.63) is 29.8 Å². The summed E-state index contributed by atoms with van der Waals surface area (Å²) in [6, 6.07) is 10.1. The molecule has 0 saturated carbocycles. The van der Waals surface area contributed by atoms with Gasteiger partial charge in [0.15, 0.2) is 0 Å². The van der Waals surface area contributed by atoms with Gasteiger partial charge in [-0.1, -0.05) is 6.07 Å². The SMILES string of the molecule is CN(C)C(=O)N1CCC(Nc2cccc(C#N)c2)CC1. The molecule has 0 atom stereocenters. The molecule has 2 rings (SSSR count). The Kier molecular flexibility index (Phi) is 4.46. The topological polar surface area (TPSA) is 59.4 Å². The van der Waals surface area contributed by atoms with Gasteiger partial charge in [-0.2, -0.15) is 5.26 Å². The van der Waals surface area contributed by atoms with Crippen molar-refractivity contribution in [1.29, 1.82) is 5.26 Å². The predicted molar refractivity (Wildman–Crippen MR) is 78.5 cm³/mol. The third-order valence-electron chi connectivity index (χ3n) is 3.51. The van der Waals surface area contributed by atoms with Crippen LogP contribution in [0, 0.1) is 11.3 Å². The third-order valence-corrected chi connectivity index (χ3v) is 3.51. The minimum Gasteiger partial charge on any atom is -0.382 e. The fourth-order valence-electron chi connectivity index (χ4n) is 2.41. The van der Waals surface area contributed by atoms with Crippen LogP contribution in [0.3, 0.4) is 0 Å². The maximum atomic E-state index is 11.8. The molecule has 5 heteroatoms. The molecule has 1 N–H and O–H groups in total. The number of rotatable bonds is 2. The van der Waals surface area contributed by atoms with Crippen LogP contribution in [0.4, 0.5) is 10.5 Å². The van der Waals surface area contributed by atoms with E-state index in [0.717, 1.165) is 31.6 Å². The van der Waals surface area contributed by atoms with Crippen LogP contribution in [0.15, 0.2) is 24.3 Å². The van der Waals surface area contributed by atoms with E-state index in [9.17, 15) is 4.79 Å². The molecule has 5 nitrogen and oxygen atoms in total. The second-order valence-corrected chi connectivity index (χ2v) is 5.28. The van der Waals surface area contributed by atoms with E-state index < -0.39 is 0 Å². The molecule has 1 fully saturated rings. The Labute approximate surface area is 119 Å². The Morgan fingerprint density at radius 3 is 2.70 bits per heavy atom. The number of likely N-dealkylation sites (tertiary alicyclic amines) is 1. The normalized spacial score (nSPS) is 15.6. The lowest BCUT2D eigenvalue weighted by molar-refractivity contribution is 0.158. The van der Waals surface area contributed by atoms with E-state index >= 15 is 0 Å². The molecule has 1 aromatic carbocycles. The van der Waals surface area contributed by atoms with Gasteiger partial charge in [-0.15, -0.1) is 0 Å². The van der Waals surface area contributed by atoms with Crippen LogP contribution in [0.5, 0.6) is 0 Å². The van der Waals surface area contributed by atoms with Crippen LogP contribution in [0.25, 0.3) is 0 Å². The van der Waals surface area contributed by atoms with Crippen LogP contribution in [0.2, 0.25) is 0 Å². The van der Waals surface area contributed by atoms with Crippen molar-refractivity contribution in [3.63, 3.8) is 0 Å². The molecule has 0 aromatic heterocycles. The van der Waals surface area contributed by atoms with Crippen molar-refractivity contribution >= 4 is 11.7 Å². The van der Waals surface area contributed by atoms with Gasteiger partial charge in [-0.25, -0.2) is 4.79 Å². The van der Waals surface area contributed by atoms with Crippen LogP contribution < -0.4 is 5.32 Å². The number of carbonyl (C=O) groups excluding carboxylic acids is 1. The number of anilines is 1. The molecule has 1 saturated heterocycles. The molecule has 0 spiro atoms. The van der Waals surface area contributed by atoms with Gasteiger partial charge in [0.1, 0.15) is 0 Å². The number of benzene rings is 1. The summed E-state index contributed by atoms with van der Waals surface area (Å²) in [5.74, 6) is 0. The highest BCUT2D eigenvalue weighted by molar-refractivity contribution is 5.73. The summed E-state index contributed by atoms with van der Waals surface area (Å²) in [6.45, 7) is 1.54. The number of piperidine rings is 1. The van der Waals surface area contributed by atoms with Gasteiger partial charge in [0.25, 0.3) is 0 Å². The van der Waals surface area contributed by atoms with E-state index in [0.29, 0.717) is 11.6 Å². The summed E-state index contributed by atoms with van der Waals surface area (Å²) < 4.78 is 0. The maximum Gasteiger partial charge on any atom is 0.319 e. The quantitative estimate of drug-likeness (QED) is 0.897. The number of nitrogens with one attached hydrogen (secondary N) is 1. The summed E-state index contributed by atoms with van der Waals surface area (Å²) in [7, 11) is 3.56. The van der Waals surface area contributed by atoms with Gasteiger partial charge < -0.3 is 15.1 Å². The van der Waals surface area contributed by atoms with E-state index in [1.54, 1.807) is 25.1 Å². The van der Waals surface area contributed by atoms with E-state index in [1.165, 1.54) is 0 Å². The maximum absolute atomic E-state index is 11.8. The molecule has 0 unspecified atom stereocenters. The second-order valence-electron chi connectivity index (χ2n) is 5.28. The number of amides is 2. The number of nitriles is 1. The van der Waals surface area contributed by atoms with Crippen molar-refractivity contribution in [2.45, 2.75) is 18.9 Å². The van der Waals surface area contributed by atoms with Crippen molar-refractivity contribution < 1.29 is 4.79 Å². The average Bonchev–Trinajstić information content (AvgIpc) is 2.47. The minimum absolute atomic E-state index is 0.0786. The summed E-state index contributed by atoms with van der Waals surface area (Å²) in [4.78, 5) is 15.3. The summed E-state index contributed by atoms with van der Waals surface area (Å²) in [5.41, 5.74) is 1.64. The van der Waals surface area contributed by atoms with E-state index in [1.807, 2.05) is 23.1 Å². The molecule has 0 aliphatic carbocycles. The number of carbonyl (C=O) groups is 1. The van der Waals surface area contributed by atoms with Gasteiger partial charge >= 0.3 is 6.03 Å². The van der Waals surface area contributed by atoms with Gasteiger partial charge in [0.05, 0.1) is 11.6 Å². The fraction of sp³-hybridized carbons (Fsp3) is 0.467. The molecule has 106 valence electrons. The molecule has 0 bridgehead atoms. The highest BCUT2D eigenvalue weighted by Gasteiger charge is 2.23. The van der Waals surface area contributed by atoms with Crippen LogP contribution in [-0.4, -0.2) is 49.1 Å². The highest BCUT2D eigenvalue weighted by atomic mass is 16.2. The van der Waals surface area contributed by atoms with Crippen LogP contribution >= 0.6 is 0 Å². The first kappa shape index (κ1) is 14.2. The molecule has 1 aliphatic heterocycles. The Balaban J connectivity index is 1.88. The summed E-state index contributed by atoms with van der Waals surface area (Å²) in [5, 5.41) is 12.3. The Hall–Kier alpha value is -2.22. The molecule has 1 aromatic rings. The zero-order chi connectivity index (χ0) is 14.5. The standard InChI is InChI=1S/C15H20N4O/c1-18(2)15(20)19-8-6-13(7-9-19)17-14-5-3-4-12(10-14)11-16/h3-5,10,13,17H,6-9H2,1-2H3. The molecule has 0 radical (unpaired) electrons. The Morgan fingerprint density at radius 1 is 1.40 bits per heavy atom. The van der Waals surface area contributed by atoms with Gasteiger partial charge in [-0.05, 0) is 31.0 Å². The smallest absolute Gasteiger partial charge is 0.319 e. The lowest BCUT2D eigenvalue weighted by atomic mass is 10.0. The molecule has 1 aliphatic rings.